The Kier molecular flexibility index (Phi) is 2.72. The fourth-order valence-electron chi connectivity index (χ4n) is 1.76. The Labute approximate surface area is 109 Å². The molecule has 2 heterocycles. The first-order chi connectivity index (χ1) is 9.24. The highest BCUT2D eigenvalue weighted by molar-refractivity contribution is 5.64. The maximum atomic E-state index is 9.83. The summed E-state index contributed by atoms with van der Waals surface area (Å²) in [5.74, 6) is 0.788. The number of rotatable bonds is 2. The summed E-state index contributed by atoms with van der Waals surface area (Å²) >= 11 is 0. The Morgan fingerprint density at radius 3 is 2.74 bits per heavy atom. The van der Waals surface area contributed by atoms with E-state index in [0.717, 1.165) is 11.1 Å². The van der Waals surface area contributed by atoms with Gasteiger partial charge in [-0.3, -0.25) is 4.98 Å². The molecule has 0 aliphatic carbocycles. The van der Waals surface area contributed by atoms with Gasteiger partial charge in [0, 0.05) is 12.4 Å². The van der Waals surface area contributed by atoms with Gasteiger partial charge in [0.25, 0.3) is 5.89 Å². The monoisotopic (exact) mass is 253 g/mol. The van der Waals surface area contributed by atoms with Crippen molar-refractivity contribution in [2.24, 2.45) is 0 Å². The molecule has 0 unspecified atom stereocenters. The maximum absolute atomic E-state index is 9.83. The summed E-state index contributed by atoms with van der Waals surface area (Å²) in [4.78, 5) is 4.00. The molecule has 0 atom stereocenters. The van der Waals surface area contributed by atoms with Crippen molar-refractivity contribution in [3.8, 4) is 28.7 Å². The lowest BCUT2D eigenvalue weighted by molar-refractivity contribution is 0.473. The SMILES string of the molecule is Cc1ccc(O)c(-c2nnc(-c3cccnc3)o2)c1. The molecule has 0 saturated heterocycles. The van der Waals surface area contributed by atoms with Gasteiger partial charge >= 0.3 is 0 Å². The molecule has 0 spiro atoms. The highest BCUT2D eigenvalue weighted by Crippen LogP contribution is 2.30. The van der Waals surface area contributed by atoms with Gasteiger partial charge in [0.1, 0.15) is 5.75 Å². The van der Waals surface area contributed by atoms with Gasteiger partial charge in [-0.05, 0) is 31.2 Å². The Morgan fingerprint density at radius 1 is 1.11 bits per heavy atom. The van der Waals surface area contributed by atoms with Crippen LogP contribution >= 0.6 is 0 Å². The van der Waals surface area contributed by atoms with Gasteiger partial charge in [-0.15, -0.1) is 10.2 Å². The van der Waals surface area contributed by atoms with E-state index in [1.54, 1.807) is 30.6 Å². The van der Waals surface area contributed by atoms with E-state index in [-0.39, 0.29) is 5.75 Å². The first-order valence-electron chi connectivity index (χ1n) is 5.78. The average molecular weight is 253 g/mol. The third-order valence-corrected chi connectivity index (χ3v) is 2.72. The summed E-state index contributed by atoms with van der Waals surface area (Å²) in [6.07, 6.45) is 3.32. The number of benzene rings is 1. The quantitative estimate of drug-likeness (QED) is 0.760. The zero-order valence-electron chi connectivity index (χ0n) is 10.2. The number of hydrogen-bond acceptors (Lipinski definition) is 5. The zero-order valence-corrected chi connectivity index (χ0v) is 10.2. The largest absolute Gasteiger partial charge is 0.507 e. The summed E-state index contributed by atoms with van der Waals surface area (Å²) in [6.45, 7) is 1.93. The number of phenolic OH excluding ortho intramolecular Hbond substituents is 1. The van der Waals surface area contributed by atoms with E-state index < -0.39 is 0 Å². The van der Waals surface area contributed by atoms with Crippen molar-refractivity contribution in [1.29, 1.82) is 0 Å². The molecule has 0 radical (unpaired) electrons. The van der Waals surface area contributed by atoms with Crippen LogP contribution in [-0.4, -0.2) is 20.3 Å². The molecule has 0 aliphatic rings. The van der Waals surface area contributed by atoms with Crippen molar-refractivity contribution in [3.63, 3.8) is 0 Å². The van der Waals surface area contributed by atoms with Gasteiger partial charge < -0.3 is 9.52 Å². The average Bonchev–Trinajstić information content (AvgIpc) is 2.92. The molecule has 5 nitrogen and oxygen atoms in total. The number of hydrogen-bond donors (Lipinski definition) is 1. The minimum atomic E-state index is 0.118. The summed E-state index contributed by atoms with van der Waals surface area (Å²) in [6, 6.07) is 8.86. The Bertz CT molecular complexity index is 708. The summed E-state index contributed by atoms with van der Waals surface area (Å²) in [5, 5.41) is 17.8. The fourth-order valence-corrected chi connectivity index (χ4v) is 1.76. The highest BCUT2D eigenvalue weighted by atomic mass is 16.4. The highest BCUT2D eigenvalue weighted by Gasteiger charge is 2.13. The van der Waals surface area contributed by atoms with E-state index in [9.17, 15) is 5.11 Å². The summed E-state index contributed by atoms with van der Waals surface area (Å²) in [7, 11) is 0. The van der Waals surface area contributed by atoms with Crippen LogP contribution in [-0.2, 0) is 0 Å². The van der Waals surface area contributed by atoms with E-state index >= 15 is 0 Å². The Hall–Kier alpha value is -2.69. The van der Waals surface area contributed by atoms with Crippen LogP contribution in [0.25, 0.3) is 22.9 Å². The molecule has 0 amide bonds. The van der Waals surface area contributed by atoms with Crippen LogP contribution < -0.4 is 0 Å². The standard InChI is InChI=1S/C14H11N3O2/c1-9-4-5-12(18)11(7-9)14-17-16-13(19-14)10-3-2-6-15-8-10/h2-8,18H,1H3. The van der Waals surface area contributed by atoms with Crippen molar-refractivity contribution in [3.05, 3.63) is 48.3 Å². The number of aromatic hydroxyl groups is 1. The molecule has 0 fully saturated rings. The van der Waals surface area contributed by atoms with Crippen molar-refractivity contribution in [2.45, 2.75) is 6.92 Å². The van der Waals surface area contributed by atoms with Gasteiger partial charge in [0.2, 0.25) is 5.89 Å². The normalized spacial score (nSPS) is 10.6. The van der Waals surface area contributed by atoms with Crippen LogP contribution in [0.15, 0.2) is 47.1 Å². The molecular formula is C14H11N3O2. The lowest BCUT2D eigenvalue weighted by atomic mass is 10.1. The van der Waals surface area contributed by atoms with Crippen LogP contribution in [0.3, 0.4) is 0 Å². The topological polar surface area (TPSA) is 72.0 Å². The first kappa shape index (κ1) is 11.4. The predicted molar refractivity (Wildman–Crippen MR) is 69.4 cm³/mol. The van der Waals surface area contributed by atoms with Crippen LogP contribution in [0.4, 0.5) is 0 Å². The van der Waals surface area contributed by atoms with Crippen molar-refractivity contribution in [1.82, 2.24) is 15.2 Å². The second-order valence-corrected chi connectivity index (χ2v) is 4.17. The van der Waals surface area contributed by atoms with Crippen LogP contribution in [0.1, 0.15) is 5.56 Å². The molecule has 1 N–H and O–H groups in total. The maximum Gasteiger partial charge on any atom is 0.251 e. The number of phenols is 1. The fraction of sp³-hybridized carbons (Fsp3) is 0.0714. The van der Waals surface area contributed by atoms with Gasteiger partial charge in [-0.1, -0.05) is 11.6 Å². The van der Waals surface area contributed by atoms with Gasteiger partial charge in [0.05, 0.1) is 11.1 Å². The minimum absolute atomic E-state index is 0.118. The van der Waals surface area contributed by atoms with E-state index in [0.29, 0.717) is 17.3 Å². The van der Waals surface area contributed by atoms with Crippen molar-refractivity contribution in [2.75, 3.05) is 0 Å². The zero-order chi connectivity index (χ0) is 13.2. The molecule has 3 rings (SSSR count). The van der Waals surface area contributed by atoms with Crippen molar-refractivity contribution >= 4 is 0 Å². The number of aromatic nitrogens is 3. The molecule has 94 valence electrons. The molecule has 5 heteroatoms. The van der Waals surface area contributed by atoms with Crippen LogP contribution in [0, 0.1) is 6.92 Å². The lowest BCUT2D eigenvalue weighted by Crippen LogP contribution is -1.81. The van der Waals surface area contributed by atoms with Crippen LogP contribution in [0.2, 0.25) is 0 Å². The molecular weight excluding hydrogens is 242 g/mol. The lowest BCUT2D eigenvalue weighted by Gasteiger charge is -2.00. The number of pyridine rings is 1. The first-order valence-corrected chi connectivity index (χ1v) is 5.78. The van der Waals surface area contributed by atoms with Gasteiger partial charge in [-0.25, -0.2) is 0 Å². The molecule has 2 aromatic heterocycles. The van der Waals surface area contributed by atoms with Gasteiger partial charge in [-0.2, -0.15) is 0 Å². The third-order valence-electron chi connectivity index (χ3n) is 2.72. The summed E-state index contributed by atoms with van der Waals surface area (Å²) < 4.78 is 5.57. The molecule has 19 heavy (non-hydrogen) atoms. The second kappa shape index (κ2) is 4.53. The van der Waals surface area contributed by atoms with Crippen LogP contribution in [0.5, 0.6) is 5.75 Å². The number of aryl methyl sites for hydroxylation is 1. The molecule has 0 aliphatic heterocycles. The molecule has 0 saturated carbocycles. The van der Waals surface area contributed by atoms with Gasteiger partial charge in [0.15, 0.2) is 0 Å². The predicted octanol–water partition coefficient (Wildman–Crippen LogP) is 2.81. The second-order valence-electron chi connectivity index (χ2n) is 4.17. The molecule has 0 bridgehead atoms. The minimum Gasteiger partial charge on any atom is -0.507 e. The van der Waals surface area contributed by atoms with E-state index in [4.69, 9.17) is 4.42 Å². The van der Waals surface area contributed by atoms with E-state index in [1.165, 1.54) is 0 Å². The molecule has 3 aromatic rings. The van der Waals surface area contributed by atoms with Crippen molar-refractivity contribution < 1.29 is 9.52 Å². The smallest absolute Gasteiger partial charge is 0.251 e. The van der Waals surface area contributed by atoms with E-state index in [2.05, 4.69) is 15.2 Å². The Morgan fingerprint density at radius 2 is 1.95 bits per heavy atom. The van der Waals surface area contributed by atoms with E-state index in [1.807, 2.05) is 19.1 Å². The third kappa shape index (κ3) is 2.18. The number of nitrogens with zero attached hydrogens (tertiary/aromatic N) is 3. The Balaban J connectivity index is 2.04. The molecule has 1 aromatic carbocycles. The summed E-state index contributed by atoms with van der Waals surface area (Å²) in [5.41, 5.74) is 2.28.